The molecule has 0 saturated carbocycles. The summed E-state index contributed by atoms with van der Waals surface area (Å²) in [6.45, 7) is 7.05. The molecule has 0 radical (unpaired) electrons. The average Bonchev–Trinajstić information content (AvgIpc) is 2.09. The van der Waals surface area contributed by atoms with Gasteiger partial charge in [0.25, 0.3) is 5.56 Å². The normalized spacial score (nSPS) is 11.8. The van der Waals surface area contributed by atoms with Gasteiger partial charge in [-0.15, -0.1) is 0 Å². The smallest absolute Gasteiger partial charge is 0.331 e. The minimum Gasteiger partial charge on any atom is -0.393 e. The summed E-state index contributed by atoms with van der Waals surface area (Å²) in [5, 5.41) is 0. The Hall–Kier alpha value is -1.52. The molecule has 15 heavy (non-hydrogen) atoms. The lowest BCUT2D eigenvalue weighted by Gasteiger charge is -2.23. The number of nitrogens with two attached hydrogens (primary N) is 1. The first-order valence-electron chi connectivity index (χ1n) is 4.76. The van der Waals surface area contributed by atoms with Gasteiger partial charge in [0, 0.05) is 18.3 Å². The summed E-state index contributed by atoms with van der Waals surface area (Å²) in [4.78, 5) is 23.7. The Kier molecular flexibility index (Phi) is 2.51. The fourth-order valence-electron chi connectivity index (χ4n) is 1.43. The van der Waals surface area contributed by atoms with Crippen LogP contribution >= 0.6 is 0 Å². The molecule has 1 aromatic rings. The lowest BCUT2D eigenvalue weighted by molar-refractivity contribution is 0.358. The van der Waals surface area contributed by atoms with Crippen LogP contribution in [0.2, 0.25) is 0 Å². The number of rotatable bonds is 0. The Labute approximate surface area is 88.1 Å². The van der Waals surface area contributed by atoms with E-state index in [-0.39, 0.29) is 11.4 Å². The Morgan fingerprint density at radius 3 is 2.07 bits per heavy atom. The number of anilines is 1. The first-order valence-corrected chi connectivity index (χ1v) is 4.76. The standard InChI is InChI=1S/C10H17N3O2/c1-6-7(11)8(14)13(10(2,3)4)9(15)12(6)5/h11H2,1-5H3. The van der Waals surface area contributed by atoms with Crippen molar-refractivity contribution in [3.05, 3.63) is 26.5 Å². The highest BCUT2D eigenvalue weighted by Gasteiger charge is 2.21. The fraction of sp³-hybridized carbons (Fsp3) is 0.600. The summed E-state index contributed by atoms with van der Waals surface area (Å²) in [5.74, 6) is 0. The molecular weight excluding hydrogens is 194 g/mol. The van der Waals surface area contributed by atoms with Gasteiger partial charge in [-0.1, -0.05) is 0 Å². The third kappa shape index (κ3) is 1.69. The van der Waals surface area contributed by atoms with E-state index >= 15 is 0 Å². The van der Waals surface area contributed by atoms with Crippen molar-refractivity contribution < 1.29 is 0 Å². The van der Waals surface area contributed by atoms with Gasteiger partial charge < -0.3 is 5.73 Å². The summed E-state index contributed by atoms with van der Waals surface area (Å²) < 4.78 is 2.57. The highest BCUT2D eigenvalue weighted by molar-refractivity contribution is 5.39. The van der Waals surface area contributed by atoms with Crippen molar-refractivity contribution in [3.63, 3.8) is 0 Å². The molecule has 0 fully saturated rings. The average molecular weight is 211 g/mol. The molecule has 1 heterocycles. The van der Waals surface area contributed by atoms with Crippen LogP contribution in [-0.4, -0.2) is 9.13 Å². The summed E-state index contributed by atoms with van der Waals surface area (Å²) >= 11 is 0. The zero-order valence-electron chi connectivity index (χ0n) is 9.79. The molecule has 0 aliphatic heterocycles. The van der Waals surface area contributed by atoms with Gasteiger partial charge in [-0.2, -0.15) is 0 Å². The van der Waals surface area contributed by atoms with Crippen molar-refractivity contribution in [3.8, 4) is 0 Å². The van der Waals surface area contributed by atoms with Crippen LogP contribution in [0.15, 0.2) is 9.59 Å². The molecule has 84 valence electrons. The van der Waals surface area contributed by atoms with Gasteiger partial charge in [-0.3, -0.25) is 13.9 Å². The highest BCUT2D eigenvalue weighted by atomic mass is 16.2. The molecule has 0 spiro atoms. The van der Waals surface area contributed by atoms with Gasteiger partial charge in [0.05, 0.1) is 0 Å². The quantitative estimate of drug-likeness (QED) is 0.666. The molecule has 0 aliphatic rings. The van der Waals surface area contributed by atoms with Crippen LogP contribution in [-0.2, 0) is 12.6 Å². The van der Waals surface area contributed by atoms with Crippen molar-refractivity contribution in [1.29, 1.82) is 0 Å². The molecule has 2 N–H and O–H groups in total. The zero-order chi connectivity index (χ0) is 12.0. The number of nitrogens with zero attached hydrogens (tertiary/aromatic N) is 2. The second-order valence-corrected chi connectivity index (χ2v) is 4.65. The van der Waals surface area contributed by atoms with Gasteiger partial charge in [0.15, 0.2) is 0 Å². The van der Waals surface area contributed by atoms with Gasteiger partial charge in [0.1, 0.15) is 5.69 Å². The fourth-order valence-corrected chi connectivity index (χ4v) is 1.43. The van der Waals surface area contributed by atoms with Crippen LogP contribution in [0.3, 0.4) is 0 Å². The lowest BCUT2D eigenvalue weighted by Crippen LogP contribution is -2.48. The van der Waals surface area contributed by atoms with Crippen molar-refractivity contribution >= 4 is 5.69 Å². The second-order valence-electron chi connectivity index (χ2n) is 4.65. The number of nitrogen functional groups attached to an aromatic ring is 1. The molecule has 0 saturated heterocycles. The van der Waals surface area contributed by atoms with E-state index in [2.05, 4.69) is 0 Å². The molecule has 1 rings (SSSR count). The molecular formula is C10H17N3O2. The maximum absolute atomic E-state index is 11.9. The van der Waals surface area contributed by atoms with E-state index in [4.69, 9.17) is 5.73 Å². The summed E-state index contributed by atoms with van der Waals surface area (Å²) in [5.41, 5.74) is 4.98. The van der Waals surface area contributed by atoms with Gasteiger partial charge in [-0.25, -0.2) is 4.79 Å². The van der Waals surface area contributed by atoms with Crippen LogP contribution in [0, 0.1) is 6.92 Å². The predicted molar refractivity (Wildman–Crippen MR) is 60.1 cm³/mol. The Bertz CT molecular complexity index is 466. The summed E-state index contributed by atoms with van der Waals surface area (Å²) in [6.07, 6.45) is 0. The minimum absolute atomic E-state index is 0.132. The van der Waals surface area contributed by atoms with E-state index in [9.17, 15) is 9.59 Å². The number of aromatic nitrogens is 2. The van der Waals surface area contributed by atoms with Crippen LogP contribution < -0.4 is 17.0 Å². The molecule has 0 aliphatic carbocycles. The van der Waals surface area contributed by atoms with E-state index in [1.807, 2.05) is 0 Å². The van der Waals surface area contributed by atoms with Crippen molar-refractivity contribution in [2.45, 2.75) is 33.2 Å². The largest absolute Gasteiger partial charge is 0.393 e. The van der Waals surface area contributed by atoms with E-state index in [0.29, 0.717) is 5.69 Å². The molecule has 0 unspecified atom stereocenters. The number of hydrogen-bond donors (Lipinski definition) is 1. The highest BCUT2D eigenvalue weighted by Crippen LogP contribution is 2.09. The molecule has 0 amide bonds. The van der Waals surface area contributed by atoms with Crippen LogP contribution in [0.5, 0.6) is 0 Å². The SMILES string of the molecule is Cc1c(N)c(=O)n(C(C)(C)C)c(=O)n1C. The molecule has 5 nitrogen and oxygen atoms in total. The maximum atomic E-state index is 11.9. The van der Waals surface area contributed by atoms with E-state index in [0.717, 1.165) is 0 Å². The molecule has 0 aromatic carbocycles. The van der Waals surface area contributed by atoms with E-state index in [1.165, 1.54) is 9.13 Å². The lowest BCUT2D eigenvalue weighted by atomic mass is 10.1. The molecule has 5 heteroatoms. The predicted octanol–water partition coefficient (Wildman–Crippen LogP) is 0.193. The third-order valence-electron chi connectivity index (χ3n) is 2.48. The zero-order valence-corrected chi connectivity index (χ0v) is 9.79. The maximum Gasteiger partial charge on any atom is 0.331 e. The van der Waals surface area contributed by atoms with Crippen molar-refractivity contribution in [2.75, 3.05) is 5.73 Å². The topological polar surface area (TPSA) is 70.0 Å². The monoisotopic (exact) mass is 211 g/mol. The van der Waals surface area contributed by atoms with Gasteiger partial charge in [0.2, 0.25) is 0 Å². The number of hydrogen-bond acceptors (Lipinski definition) is 3. The third-order valence-corrected chi connectivity index (χ3v) is 2.48. The van der Waals surface area contributed by atoms with Crippen LogP contribution in [0.25, 0.3) is 0 Å². The Morgan fingerprint density at radius 2 is 1.67 bits per heavy atom. The summed E-state index contributed by atoms with van der Waals surface area (Å²) in [6, 6.07) is 0. The first kappa shape index (κ1) is 11.6. The van der Waals surface area contributed by atoms with Crippen molar-refractivity contribution in [1.82, 2.24) is 9.13 Å². The molecule has 1 aromatic heterocycles. The second kappa shape index (κ2) is 3.25. The molecule has 0 atom stereocenters. The summed E-state index contributed by atoms with van der Waals surface area (Å²) in [7, 11) is 1.61. The Morgan fingerprint density at radius 1 is 1.20 bits per heavy atom. The molecule has 0 bridgehead atoms. The van der Waals surface area contributed by atoms with Gasteiger partial charge in [-0.05, 0) is 27.7 Å². The van der Waals surface area contributed by atoms with Crippen molar-refractivity contribution in [2.24, 2.45) is 7.05 Å². The van der Waals surface area contributed by atoms with Gasteiger partial charge >= 0.3 is 5.69 Å². The van der Waals surface area contributed by atoms with Crippen LogP contribution in [0.4, 0.5) is 5.69 Å². The first-order chi connectivity index (χ1) is 6.68. The van der Waals surface area contributed by atoms with Crippen LogP contribution in [0.1, 0.15) is 26.5 Å². The van der Waals surface area contributed by atoms with E-state index in [1.54, 1.807) is 34.7 Å². The minimum atomic E-state index is -0.562. The Balaban J connectivity index is 3.86. The van der Waals surface area contributed by atoms with E-state index < -0.39 is 11.1 Å².